The van der Waals surface area contributed by atoms with Gasteiger partial charge in [-0.05, 0) is 43.8 Å². The summed E-state index contributed by atoms with van der Waals surface area (Å²) in [7, 11) is 0. The molecular weight excluding hydrogens is 300 g/mol. The molecule has 0 aromatic rings. The number of ketones is 1. The second kappa shape index (κ2) is 7.98. The Morgan fingerprint density at radius 3 is 1.94 bits per heavy atom. The van der Waals surface area contributed by atoms with Crippen LogP contribution in [0.4, 0.5) is 0 Å². The van der Waals surface area contributed by atoms with Crippen molar-refractivity contribution in [1.29, 1.82) is 0 Å². The van der Waals surface area contributed by atoms with Crippen LogP contribution in [0.1, 0.15) is 19.8 Å². The van der Waals surface area contributed by atoms with E-state index in [1.54, 1.807) is 47.0 Å². The quantitative estimate of drug-likeness (QED) is 0.686. The van der Waals surface area contributed by atoms with Gasteiger partial charge in [0.05, 0.1) is 0 Å². The molecule has 0 aliphatic heterocycles. The van der Waals surface area contributed by atoms with Crippen molar-refractivity contribution in [1.82, 2.24) is 0 Å². The average Bonchev–Trinajstić information content (AvgIpc) is 2.38. The molecule has 0 aromatic carbocycles. The van der Waals surface area contributed by atoms with Crippen molar-refractivity contribution in [2.24, 2.45) is 5.92 Å². The number of Topliss-reactive ketones (excluding diaryl/α,β-unsaturated/α-hetero) is 1. The van der Waals surface area contributed by atoms with E-state index < -0.39 is 0 Å². The number of carbonyl (C=O) groups is 1. The highest BCUT2D eigenvalue weighted by molar-refractivity contribution is 8.22. The fourth-order valence-corrected chi connectivity index (χ4v) is 5.37. The third-order valence-corrected chi connectivity index (χ3v) is 7.46. The molecule has 1 aliphatic rings. The number of thioether (sulfide) groups is 4. The molecule has 0 aromatic heterocycles. The highest BCUT2D eigenvalue weighted by Crippen LogP contribution is 2.42. The first-order chi connectivity index (χ1) is 8.60. The van der Waals surface area contributed by atoms with Crippen LogP contribution >= 0.6 is 47.0 Å². The van der Waals surface area contributed by atoms with Gasteiger partial charge in [0.1, 0.15) is 0 Å². The number of hydrogen-bond donors (Lipinski definition) is 0. The Hall–Kier alpha value is 0.550. The molecule has 1 fully saturated rings. The fourth-order valence-electron chi connectivity index (χ4n) is 2.13. The highest BCUT2D eigenvalue weighted by Gasteiger charge is 2.30. The normalized spacial score (nSPS) is 20.3. The summed E-state index contributed by atoms with van der Waals surface area (Å²) in [6.07, 6.45) is 10.2. The van der Waals surface area contributed by atoms with Crippen LogP contribution in [0.2, 0.25) is 0 Å². The van der Waals surface area contributed by atoms with E-state index in [9.17, 15) is 4.79 Å². The molecule has 0 heterocycles. The van der Waals surface area contributed by atoms with Gasteiger partial charge in [0.2, 0.25) is 0 Å². The summed E-state index contributed by atoms with van der Waals surface area (Å²) in [5, 5.41) is 0. The molecule has 1 atom stereocenters. The van der Waals surface area contributed by atoms with Crippen LogP contribution in [0, 0.1) is 5.92 Å². The number of rotatable bonds is 4. The minimum absolute atomic E-state index is 0.283. The van der Waals surface area contributed by atoms with Crippen LogP contribution in [0.3, 0.4) is 0 Å². The van der Waals surface area contributed by atoms with E-state index in [0.717, 1.165) is 24.0 Å². The highest BCUT2D eigenvalue weighted by atomic mass is 32.2. The Bertz CT molecular complexity index is 372. The second-order valence-electron chi connectivity index (χ2n) is 4.05. The fraction of sp³-hybridized carbons (Fsp3) is 0.615. The van der Waals surface area contributed by atoms with Crippen molar-refractivity contribution in [3.05, 3.63) is 19.6 Å². The van der Waals surface area contributed by atoms with Crippen molar-refractivity contribution >= 4 is 52.8 Å². The summed E-state index contributed by atoms with van der Waals surface area (Å²) in [4.78, 5) is 12.7. The third-order valence-electron chi connectivity index (χ3n) is 3.05. The summed E-state index contributed by atoms with van der Waals surface area (Å²) >= 11 is 6.79. The molecule has 0 radical (unpaired) electrons. The SMILES string of the molecule is CSC(SC)=C1CCC(C)C(=C(SC)SC)C1=O. The number of carbonyl (C=O) groups excluding carboxylic acids is 1. The molecule has 1 unspecified atom stereocenters. The first-order valence-corrected chi connectivity index (χ1v) is 10.7. The van der Waals surface area contributed by atoms with Gasteiger partial charge in [-0.2, -0.15) is 0 Å². The zero-order chi connectivity index (χ0) is 13.7. The molecule has 0 saturated heterocycles. The van der Waals surface area contributed by atoms with Crippen LogP contribution in [0.5, 0.6) is 0 Å². The second-order valence-corrected chi connectivity index (χ2v) is 7.84. The Morgan fingerprint density at radius 1 is 1.00 bits per heavy atom. The van der Waals surface area contributed by atoms with Crippen LogP contribution in [0.15, 0.2) is 19.6 Å². The van der Waals surface area contributed by atoms with Gasteiger partial charge < -0.3 is 0 Å². The van der Waals surface area contributed by atoms with E-state index in [1.165, 1.54) is 8.47 Å². The summed E-state index contributed by atoms with van der Waals surface area (Å²) in [6.45, 7) is 2.17. The lowest BCUT2D eigenvalue weighted by molar-refractivity contribution is -0.113. The Labute approximate surface area is 127 Å². The molecule has 1 rings (SSSR count). The minimum Gasteiger partial charge on any atom is -0.289 e. The standard InChI is InChI=1S/C13H20OS4/c1-8-6-7-9(12(15-2)16-3)11(14)10(8)13(17-4)18-5/h8H,6-7H2,1-5H3. The summed E-state index contributed by atoms with van der Waals surface area (Å²) in [5.74, 6) is 0.673. The Morgan fingerprint density at radius 2 is 1.50 bits per heavy atom. The van der Waals surface area contributed by atoms with Crippen LogP contribution in [0.25, 0.3) is 0 Å². The van der Waals surface area contributed by atoms with E-state index in [1.807, 2.05) is 0 Å². The smallest absolute Gasteiger partial charge is 0.188 e. The first kappa shape index (κ1) is 16.6. The summed E-state index contributed by atoms with van der Waals surface area (Å²) in [5.41, 5.74) is 2.07. The van der Waals surface area contributed by atoms with E-state index >= 15 is 0 Å². The predicted octanol–water partition coefficient (Wildman–Crippen LogP) is 4.86. The molecule has 0 spiro atoms. The van der Waals surface area contributed by atoms with Crippen molar-refractivity contribution in [3.8, 4) is 0 Å². The van der Waals surface area contributed by atoms with Gasteiger partial charge in [-0.3, -0.25) is 4.79 Å². The van der Waals surface area contributed by atoms with E-state index in [0.29, 0.717) is 5.92 Å². The molecule has 102 valence electrons. The Balaban J connectivity index is 3.24. The van der Waals surface area contributed by atoms with Gasteiger partial charge in [-0.15, -0.1) is 47.0 Å². The number of allylic oxidation sites excluding steroid dienone is 2. The molecule has 0 amide bonds. The van der Waals surface area contributed by atoms with Gasteiger partial charge in [0, 0.05) is 19.6 Å². The van der Waals surface area contributed by atoms with Crippen molar-refractivity contribution in [2.45, 2.75) is 19.8 Å². The minimum atomic E-state index is 0.283. The maximum atomic E-state index is 12.7. The molecular formula is C13H20OS4. The van der Waals surface area contributed by atoms with Crippen LogP contribution in [-0.2, 0) is 4.79 Å². The molecule has 0 bridgehead atoms. The maximum Gasteiger partial charge on any atom is 0.188 e. The van der Waals surface area contributed by atoms with E-state index in [-0.39, 0.29) is 5.78 Å². The lowest BCUT2D eigenvalue weighted by Gasteiger charge is -2.26. The van der Waals surface area contributed by atoms with Gasteiger partial charge in [-0.1, -0.05) is 6.92 Å². The molecule has 0 N–H and O–H groups in total. The maximum absolute atomic E-state index is 12.7. The van der Waals surface area contributed by atoms with Crippen molar-refractivity contribution in [2.75, 3.05) is 25.0 Å². The van der Waals surface area contributed by atoms with Crippen molar-refractivity contribution in [3.63, 3.8) is 0 Å². The average molecular weight is 321 g/mol. The number of hydrogen-bond acceptors (Lipinski definition) is 5. The van der Waals surface area contributed by atoms with Gasteiger partial charge >= 0.3 is 0 Å². The third kappa shape index (κ3) is 3.56. The molecule has 18 heavy (non-hydrogen) atoms. The molecule has 1 aliphatic carbocycles. The predicted molar refractivity (Wildman–Crippen MR) is 91.5 cm³/mol. The van der Waals surface area contributed by atoms with E-state index in [2.05, 4.69) is 31.9 Å². The van der Waals surface area contributed by atoms with Gasteiger partial charge in [-0.25, -0.2) is 0 Å². The van der Waals surface area contributed by atoms with Gasteiger partial charge in [0.15, 0.2) is 5.78 Å². The topological polar surface area (TPSA) is 17.1 Å². The van der Waals surface area contributed by atoms with Gasteiger partial charge in [0.25, 0.3) is 0 Å². The van der Waals surface area contributed by atoms with Crippen molar-refractivity contribution < 1.29 is 4.79 Å². The largest absolute Gasteiger partial charge is 0.289 e. The van der Waals surface area contributed by atoms with E-state index in [4.69, 9.17) is 0 Å². The lowest BCUT2D eigenvalue weighted by atomic mass is 9.83. The molecule has 1 nitrogen and oxygen atoms in total. The zero-order valence-corrected chi connectivity index (χ0v) is 14.8. The lowest BCUT2D eigenvalue weighted by Crippen LogP contribution is -2.21. The molecule has 5 heteroatoms. The summed E-state index contributed by atoms with van der Waals surface area (Å²) < 4.78 is 2.37. The summed E-state index contributed by atoms with van der Waals surface area (Å²) in [6, 6.07) is 0. The van der Waals surface area contributed by atoms with Crippen LogP contribution in [-0.4, -0.2) is 30.8 Å². The Kier molecular flexibility index (Phi) is 7.36. The molecule has 1 saturated carbocycles. The zero-order valence-electron chi connectivity index (χ0n) is 11.5. The van der Waals surface area contributed by atoms with Crippen LogP contribution < -0.4 is 0 Å². The monoisotopic (exact) mass is 320 g/mol. The first-order valence-electron chi connectivity index (χ1n) is 5.78.